The van der Waals surface area contributed by atoms with Gasteiger partial charge in [0, 0.05) is 11.6 Å². The first-order valence-corrected chi connectivity index (χ1v) is 7.35. The molecule has 4 heteroatoms. The molecule has 1 aromatic rings. The summed E-state index contributed by atoms with van der Waals surface area (Å²) in [4.78, 5) is 13.2. The maximum atomic E-state index is 11.0. The Bertz CT molecular complexity index is 446. The molecule has 112 valence electrons. The van der Waals surface area contributed by atoms with E-state index in [1.165, 1.54) is 5.56 Å². The van der Waals surface area contributed by atoms with Crippen molar-refractivity contribution in [2.75, 3.05) is 13.6 Å². The SMILES string of the molecule is CN(CCCCC(C)(C)C(=O)O)Cc1cccc(Cl)c1. The smallest absolute Gasteiger partial charge is 0.309 e. The van der Waals surface area contributed by atoms with Crippen LogP contribution < -0.4 is 0 Å². The predicted molar refractivity (Wildman–Crippen MR) is 83.1 cm³/mol. The lowest BCUT2D eigenvalue weighted by Gasteiger charge is -2.20. The number of carboxylic acid groups (broad SMARTS) is 1. The zero-order chi connectivity index (χ0) is 15.2. The van der Waals surface area contributed by atoms with Crippen LogP contribution in [0.1, 0.15) is 38.7 Å². The lowest BCUT2D eigenvalue weighted by molar-refractivity contribution is -0.147. The molecule has 1 aromatic carbocycles. The third-order valence-electron chi connectivity index (χ3n) is 3.51. The van der Waals surface area contributed by atoms with E-state index in [0.717, 1.165) is 31.0 Å². The van der Waals surface area contributed by atoms with Crippen molar-refractivity contribution in [3.05, 3.63) is 34.9 Å². The second-order valence-electron chi connectivity index (χ2n) is 6.01. The number of nitrogens with zero attached hydrogens (tertiary/aromatic N) is 1. The Morgan fingerprint density at radius 3 is 2.65 bits per heavy atom. The molecule has 0 heterocycles. The van der Waals surface area contributed by atoms with Gasteiger partial charge in [-0.25, -0.2) is 0 Å². The molecular weight excluding hydrogens is 274 g/mol. The summed E-state index contributed by atoms with van der Waals surface area (Å²) >= 11 is 5.96. The fourth-order valence-electron chi connectivity index (χ4n) is 2.08. The molecule has 3 nitrogen and oxygen atoms in total. The first-order valence-electron chi connectivity index (χ1n) is 6.97. The molecule has 0 aromatic heterocycles. The van der Waals surface area contributed by atoms with E-state index < -0.39 is 11.4 Å². The highest BCUT2D eigenvalue weighted by molar-refractivity contribution is 6.30. The molecule has 0 saturated carbocycles. The van der Waals surface area contributed by atoms with Crippen molar-refractivity contribution in [3.8, 4) is 0 Å². The zero-order valence-electron chi connectivity index (χ0n) is 12.5. The molecule has 0 aliphatic heterocycles. The zero-order valence-corrected chi connectivity index (χ0v) is 13.3. The Morgan fingerprint density at radius 1 is 1.35 bits per heavy atom. The molecule has 0 saturated heterocycles. The number of halogens is 1. The number of carbonyl (C=O) groups is 1. The van der Waals surface area contributed by atoms with Gasteiger partial charge in [0.05, 0.1) is 5.41 Å². The van der Waals surface area contributed by atoms with Gasteiger partial charge >= 0.3 is 5.97 Å². The van der Waals surface area contributed by atoms with E-state index in [-0.39, 0.29) is 0 Å². The molecule has 0 amide bonds. The summed E-state index contributed by atoms with van der Waals surface area (Å²) in [6.45, 7) is 5.39. The predicted octanol–water partition coefficient (Wildman–Crippen LogP) is 4.05. The summed E-state index contributed by atoms with van der Waals surface area (Å²) in [7, 11) is 2.07. The van der Waals surface area contributed by atoms with E-state index in [1.54, 1.807) is 13.8 Å². The topological polar surface area (TPSA) is 40.5 Å². The first kappa shape index (κ1) is 17.0. The van der Waals surface area contributed by atoms with Gasteiger partial charge in [-0.2, -0.15) is 0 Å². The van der Waals surface area contributed by atoms with Crippen LogP contribution in [0.3, 0.4) is 0 Å². The lowest BCUT2D eigenvalue weighted by atomic mass is 9.87. The standard InChI is InChI=1S/C16H24ClNO2/c1-16(2,15(19)20)9-4-5-10-18(3)12-13-7-6-8-14(17)11-13/h6-8,11H,4-5,9-10,12H2,1-3H3,(H,19,20). The van der Waals surface area contributed by atoms with Gasteiger partial charge in [0.15, 0.2) is 0 Å². The van der Waals surface area contributed by atoms with E-state index in [1.807, 2.05) is 18.2 Å². The first-order chi connectivity index (χ1) is 9.31. The van der Waals surface area contributed by atoms with Gasteiger partial charge in [0.2, 0.25) is 0 Å². The molecular formula is C16H24ClNO2. The van der Waals surface area contributed by atoms with Crippen molar-refractivity contribution < 1.29 is 9.90 Å². The second kappa shape index (κ2) is 7.65. The fourth-order valence-corrected chi connectivity index (χ4v) is 2.29. The average molecular weight is 298 g/mol. The molecule has 0 fully saturated rings. The van der Waals surface area contributed by atoms with Crippen LogP contribution in [0.15, 0.2) is 24.3 Å². The van der Waals surface area contributed by atoms with Crippen molar-refractivity contribution in [2.24, 2.45) is 5.41 Å². The Kier molecular flexibility index (Phi) is 6.50. The minimum atomic E-state index is -0.718. The number of rotatable bonds is 8. The Hall–Kier alpha value is -1.06. The molecule has 1 rings (SSSR count). The van der Waals surface area contributed by atoms with Crippen molar-refractivity contribution >= 4 is 17.6 Å². The Labute approximate surface area is 126 Å². The average Bonchev–Trinajstić information content (AvgIpc) is 2.34. The van der Waals surface area contributed by atoms with E-state index >= 15 is 0 Å². The van der Waals surface area contributed by atoms with Crippen LogP contribution in [0.4, 0.5) is 0 Å². The maximum absolute atomic E-state index is 11.0. The van der Waals surface area contributed by atoms with Crippen molar-refractivity contribution in [1.29, 1.82) is 0 Å². The number of carboxylic acids is 1. The number of hydrogen-bond donors (Lipinski definition) is 1. The van der Waals surface area contributed by atoms with Gasteiger partial charge < -0.3 is 10.0 Å². The van der Waals surface area contributed by atoms with Gasteiger partial charge in [0.25, 0.3) is 0 Å². The van der Waals surface area contributed by atoms with Gasteiger partial charge in [-0.3, -0.25) is 4.79 Å². The molecule has 0 radical (unpaired) electrons. The summed E-state index contributed by atoms with van der Waals surface area (Å²) in [6, 6.07) is 7.88. The number of benzene rings is 1. The normalized spacial score (nSPS) is 11.8. The maximum Gasteiger partial charge on any atom is 0.309 e. The lowest BCUT2D eigenvalue weighted by Crippen LogP contribution is -2.24. The van der Waals surface area contributed by atoms with Gasteiger partial charge in [0.1, 0.15) is 0 Å². The largest absolute Gasteiger partial charge is 0.481 e. The van der Waals surface area contributed by atoms with Crippen LogP contribution in [0.5, 0.6) is 0 Å². The fraction of sp³-hybridized carbons (Fsp3) is 0.562. The molecule has 0 spiro atoms. The van der Waals surface area contributed by atoms with Crippen LogP contribution in [-0.2, 0) is 11.3 Å². The third kappa shape index (κ3) is 5.93. The molecule has 20 heavy (non-hydrogen) atoms. The number of unbranched alkanes of at least 4 members (excludes halogenated alkanes) is 1. The summed E-state index contributed by atoms with van der Waals surface area (Å²) in [5.74, 6) is -0.718. The minimum Gasteiger partial charge on any atom is -0.481 e. The van der Waals surface area contributed by atoms with Crippen molar-refractivity contribution in [1.82, 2.24) is 4.90 Å². The van der Waals surface area contributed by atoms with E-state index in [4.69, 9.17) is 16.7 Å². The highest BCUT2D eigenvalue weighted by Gasteiger charge is 2.25. The van der Waals surface area contributed by atoms with Crippen molar-refractivity contribution in [3.63, 3.8) is 0 Å². The number of hydrogen-bond acceptors (Lipinski definition) is 2. The van der Waals surface area contributed by atoms with Gasteiger partial charge in [-0.05, 0) is 58.0 Å². The molecule has 0 atom stereocenters. The molecule has 0 aliphatic rings. The molecule has 0 aliphatic carbocycles. The van der Waals surface area contributed by atoms with Gasteiger partial charge in [-0.1, -0.05) is 30.2 Å². The molecule has 0 bridgehead atoms. The Morgan fingerprint density at radius 2 is 2.05 bits per heavy atom. The summed E-state index contributed by atoms with van der Waals surface area (Å²) < 4.78 is 0. The summed E-state index contributed by atoms with van der Waals surface area (Å²) in [6.07, 6.45) is 2.65. The monoisotopic (exact) mass is 297 g/mol. The quantitative estimate of drug-likeness (QED) is 0.736. The third-order valence-corrected chi connectivity index (χ3v) is 3.75. The van der Waals surface area contributed by atoms with Crippen LogP contribution in [0.2, 0.25) is 5.02 Å². The highest BCUT2D eigenvalue weighted by atomic mass is 35.5. The van der Waals surface area contributed by atoms with E-state index in [2.05, 4.69) is 18.0 Å². The second-order valence-corrected chi connectivity index (χ2v) is 6.45. The van der Waals surface area contributed by atoms with Gasteiger partial charge in [-0.15, -0.1) is 0 Å². The minimum absolute atomic E-state index is 0.620. The van der Waals surface area contributed by atoms with Crippen LogP contribution in [0.25, 0.3) is 0 Å². The van der Waals surface area contributed by atoms with E-state index in [9.17, 15) is 4.79 Å². The van der Waals surface area contributed by atoms with E-state index in [0.29, 0.717) is 6.42 Å². The van der Waals surface area contributed by atoms with Crippen LogP contribution in [-0.4, -0.2) is 29.6 Å². The highest BCUT2D eigenvalue weighted by Crippen LogP contribution is 2.23. The number of aliphatic carboxylic acids is 1. The van der Waals surface area contributed by atoms with Crippen molar-refractivity contribution in [2.45, 2.75) is 39.7 Å². The molecule has 1 N–H and O–H groups in total. The van der Waals surface area contributed by atoms with Crippen LogP contribution in [0, 0.1) is 5.41 Å². The summed E-state index contributed by atoms with van der Waals surface area (Å²) in [5, 5.41) is 9.81. The van der Waals surface area contributed by atoms with Crippen LogP contribution >= 0.6 is 11.6 Å². The molecule has 0 unspecified atom stereocenters. The Balaban J connectivity index is 2.27. The summed E-state index contributed by atoms with van der Waals surface area (Å²) in [5.41, 5.74) is 0.580.